The Hall–Kier alpha value is -1.55. The summed E-state index contributed by atoms with van der Waals surface area (Å²) in [7, 11) is 0. The van der Waals surface area contributed by atoms with Crippen LogP contribution >= 0.6 is 0 Å². The molecule has 0 bridgehead atoms. The number of rotatable bonds is 2. The van der Waals surface area contributed by atoms with Gasteiger partial charge in [-0.3, -0.25) is 4.79 Å². The molecule has 0 radical (unpaired) electrons. The molecule has 1 aromatic carbocycles. The smallest absolute Gasteiger partial charge is 0.253 e. The van der Waals surface area contributed by atoms with Crippen molar-refractivity contribution in [2.75, 3.05) is 23.8 Å². The van der Waals surface area contributed by atoms with E-state index in [0.29, 0.717) is 12.5 Å². The Morgan fingerprint density at radius 1 is 1.47 bits per heavy atom. The summed E-state index contributed by atoms with van der Waals surface area (Å²) in [6.45, 7) is 3.76. The van der Waals surface area contributed by atoms with Gasteiger partial charge >= 0.3 is 0 Å². The van der Waals surface area contributed by atoms with Crippen molar-refractivity contribution in [1.82, 2.24) is 0 Å². The van der Waals surface area contributed by atoms with E-state index in [2.05, 4.69) is 23.6 Å². The first-order valence-corrected chi connectivity index (χ1v) is 7.04. The monoisotopic (exact) mass is 260 g/mol. The largest absolute Gasteiger partial charge is 0.385 e. The molecule has 0 aromatic heterocycles. The number of fused-ring (bicyclic) bond motifs is 1. The SMILES string of the molecule is CC1CCOC1C(=O)Nc1cccc2c1CCCN2. The molecule has 0 spiro atoms. The van der Waals surface area contributed by atoms with Crippen molar-refractivity contribution in [2.24, 2.45) is 5.92 Å². The highest BCUT2D eigenvalue weighted by molar-refractivity contribution is 5.96. The lowest BCUT2D eigenvalue weighted by atomic mass is 10.00. The molecule has 2 N–H and O–H groups in total. The maximum atomic E-state index is 12.3. The Morgan fingerprint density at radius 3 is 3.16 bits per heavy atom. The second-order valence-corrected chi connectivity index (χ2v) is 5.41. The van der Waals surface area contributed by atoms with Gasteiger partial charge in [-0.15, -0.1) is 0 Å². The second-order valence-electron chi connectivity index (χ2n) is 5.41. The summed E-state index contributed by atoms with van der Waals surface area (Å²) in [5.41, 5.74) is 3.29. The van der Waals surface area contributed by atoms with Gasteiger partial charge < -0.3 is 15.4 Å². The Morgan fingerprint density at radius 2 is 2.37 bits per heavy atom. The maximum absolute atomic E-state index is 12.3. The van der Waals surface area contributed by atoms with E-state index in [1.807, 2.05) is 12.1 Å². The third-order valence-corrected chi connectivity index (χ3v) is 4.00. The van der Waals surface area contributed by atoms with Crippen molar-refractivity contribution in [3.05, 3.63) is 23.8 Å². The molecule has 102 valence electrons. The van der Waals surface area contributed by atoms with E-state index in [0.717, 1.165) is 37.2 Å². The number of carbonyl (C=O) groups excluding carboxylic acids is 1. The van der Waals surface area contributed by atoms with Crippen LogP contribution in [0.2, 0.25) is 0 Å². The standard InChI is InChI=1S/C15H20N2O2/c1-10-7-9-19-14(10)15(18)17-13-6-2-5-12-11(13)4-3-8-16-12/h2,5-6,10,14,16H,3-4,7-9H2,1H3,(H,17,18). The van der Waals surface area contributed by atoms with E-state index in [4.69, 9.17) is 4.74 Å². The van der Waals surface area contributed by atoms with Crippen LogP contribution in [0.25, 0.3) is 0 Å². The zero-order chi connectivity index (χ0) is 13.2. The molecule has 1 amide bonds. The van der Waals surface area contributed by atoms with Crippen LogP contribution in [0.4, 0.5) is 11.4 Å². The van der Waals surface area contributed by atoms with Crippen LogP contribution in [0, 0.1) is 5.92 Å². The zero-order valence-electron chi connectivity index (χ0n) is 11.2. The van der Waals surface area contributed by atoms with Gasteiger partial charge in [0.25, 0.3) is 5.91 Å². The van der Waals surface area contributed by atoms with Gasteiger partial charge in [-0.25, -0.2) is 0 Å². The Bertz CT molecular complexity index is 487. The van der Waals surface area contributed by atoms with Gasteiger partial charge in [0.2, 0.25) is 0 Å². The Labute approximate surface area is 113 Å². The molecule has 2 atom stereocenters. The molecule has 1 saturated heterocycles. The van der Waals surface area contributed by atoms with Crippen LogP contribution in [-0.4, -0.2) is 25.2 Å². The number of nitrogens with one attached hydrogen (secondary N) is 2. The average molecular weight is 260 g/mol. The molecule has 1 aromatic rings. The number of carbonyl (C=O) groups is 1. The minimum absolute atomic E-state index is 0.0102. The van der Waals surface area contributed by atoms with E-state index in [1.165, 1.54) is 5.56 Å². The molecule has 0 aliphatic carbocycles. The first kappa shape index (κ1) is 12.5. The highest BCUT2D eigenvalue weighted by Crippen LogP contribution is 2.30. The van der Waals surface area contributed by atoms with E-state index >= 15 is 0 Å². The molecule has 0 saturated carbocycles. The lowest BCUT2D eigenvalue weighted by Gasteiger charge is -2.22. The fourth-order valence-corrected chi connectivity index (χ4v) is 2.86. The van der Waals surface area contributed by atoms with Crippen molar-refractivity contribution >= 4 is 17.3 Å². The van der Waals surface area contributed by atoms with Crippen molar-refractivity contribution in [3.63, 3.8) is 0 Å². The highest BCUT2D eigenvalue weighted by Gasteiger charge is 2.31. The van der Waals surface area contributed by atoms with Gasteiger partial charge in [0.15, 0.2) is 0 Å². The molecule has 2 unspecified atom stereocenters. The van der Waals surface area contributed by atoms with Crippen LogP contribution in [0.15, 0.2) is 18.2 Å². The summed E-state index contributed by atoms with van der Waals surface area (Å²) in [4.78, 5) is 12.3. The van der Waals surface area contributed by atoms with Gasteiger partial charge in [-0.2, -0.15) is 0 Å². The van der Waals surface area contributed by atoms with Crippen LogP contribution in [0.1, 0.15) is 25.3 Å². The summed E-state index contributed by atoms with van der Waals surface area (Å²) in [5, 5.41) is 6.41. The lowest BCUT2D eigenvalue weighted by Crippen LogP contribution is -2.31. The van der Waals surface area contributed by atoms with Gasteiger partial charge in [0.1, 0.15) is 6.10 Å². The number of amides is 1. The van der Waals surface area contributed by atoms with Crippen LogP contribution in [-0.2, 0) is 16.0 Å². The van der Waals surface area contributed by atoms with Crippen molar-refractivity contribution < 1.29 is 9.53 Å². The number of ether oxygens (including phenoxy) is 1. The van der Waals surface area contributed by atoms with Gasteiger partial charge in [-0.1, -0.05) is 13.0 Å². The Balaban J connectivity index is 1.78. The highest BCUT2D eigenvalue weighted by atomic mass is 16.5. The summed E-state index contributed by atoms with van der Waals surface area (Å²) in [6, 6.07) is 6.02. The average Bonchev–Trinajstić information content (AvgIpc) is 2.85. The zero-order valence-corrected chi connectivity index (χ0v) is 11.2. The molecule has 19 heavy (non-hydrogen) atoms. The fraction of sp³-hybridized carbons (Fsp3) is 0.533. The maximum Gasteiger partial charge on any atom is 0.253 e. The second kappa shape index (κ2) is 5.21. The van der Waals surface area contributed by atoms with Gasteiger partial charge in [0, 0.05) is 24.5 Å². The molecule has 4 nitrogen and oxygen atoms in total. The summed E-state index contributed by atoms with van der Waals surface area (Å²) in [6.07, 6.45) is 2.79. The minimum Gasteiger partial charge on any atom is -0.385 e. The first-order chi connectivity index (χ1) is 9.25. The van der Waals surface area contributed by atoms with Crippen LogP contribution < -0.4 is 10.6 Å². The number of benzene rings is 1. The number of anilines is 2. The predicted molar refractivity (Wildman–Crippen MR) is 75.4 cm³/mol. The number of hydrogen-bond acceptors (Lipinski definition) is 3. The Kier molecular flexibility index (Phi) is 3.42. The fourth-order valence-electron chi connectivity index (χ4n) is 2.86. The first-order valence-electron chi connectivity index (χ1n) is 7.04. The third-order valence-electron chi connectivity index (χ3n) is 4.00. The van der Waals surface area contributed by atoms with Crippen LogP contribution in [0.3, 0.4) is 0 Å². The van der Waals surface area contributed by atoms with Gasteiger partial charge in [0.05, 0.1) is 0 Å². The predicted octanol–water partition coefficient (Wildman–Crippen LogP) is 2.41. The molecular formula is C15H20N2O2. The minimum atomic E-state index is -0.299. The van der Waals surface area contributed by atoms with Crippen LogP contribution in [0.5, 0.6) is 0 Å². The molecule has 3 rings (SSSR count). The molecule has 2 aliphatic rings. The molecule has 2 aliphatic heterocycles. The third kappa shape index (κ3) is 2.45. The van der Waals surface area contributed by atoms with Crippen molar-refractivity contribution in [1.29, 1.82) is 0 Å². The van der Waals surface area contributed by atoms with Crippen molar-refractivity contribution in [2.45, 2.75) is 32.3 Å². The molecule has 2 heterocycles. The molecule has 4 heteroatoms. The summed E-state index contributed by atoms with van der Waals surface area (Å²) >= 11 is 0. The normalized spacial score (nSPS) is 25.5. The quantitative estimate of drug-likeness (QED) is 0.858. The molecule has 1 fully saturated rings. The lowest BCUT2D eigenvalue weighted by molar-refractivity contribution is -0.126. The summed E-state index contributed by atoms with van der Waals surface area (Å²) in [5.74, 6) is 0.293. The number of hydrogen-bond donors (Lipinski definition) is 2. The molecular weight excluding hydrogens is 240 g/mol. The summed E-state index contributed by atoms with van der Waals surface area (Å²) < 4.78 is 5.52. The van der Waals surface area contributed by atoms with E-state index in [9.17, 15) is 4.79 Å². The topological polar surface area (TPSA) is 50.4 Å². The van der Waals surface area contributed by atoms with E-state index in [-0.39, 0.29) is 12.0 Å². The van der Waals surface area contributed by atoms with Gasteiger partial charge in [-0.05, 0) is 42.9 Å². The van der Waals surface area contributed by atoms with E-state index in [1.54, 1.807) is 0 Å². The van der Waals surface area contributed by atoms with E-state index < -0.39 is 0 Å². The van der Waals surface area contributed by atoms with Crippen molar-refractivity contribution in [3.8, 4) is 0 Å².